The summed E-state index contributed by atoms with van der Waals surface area (Å²) in [5.74, 6) is 1.11. The molecule has 0 aliphatic carbocycles. The fourth-order valence-electron chi connectivity index (χ4n) is 3.62. The van der Waals surface area contributed by atoms with Crippen LogP contribution in [0.25, 0.3) is 0 Å². The summed E-state index contributed by atoms with van der Waals surface area (Å²) in [7, 11) is -3.05. The highest BCUT2D eigenvalue weighted by atomic mass is 32.2. The summed E-state index contributed by atoms with van der Waals surface area (Å²) in [6.07, 6.45) is 3.14. The highest BCUT2D eigenvalue weighted by molar-refractivity contribution is 7.89. The van der Waals surface area contributed by atoms with Crippen LogP contribution < -0.4 is 5.32 Å². The van der Waals surface area contributed by atoms with Crippen LogP contribution in [-0.4, -0.2) is 94.0 Å². The molecule has 0 spiro atoms. The van der Waals surface area contributed by atoms with Gasteiger partial charge in [-0.05, 0) is 26.2 Å². The Bertz CT molecular complexity index is 562. The van der Waals surface area contributed by atoms with Gasteiger partial charge in [-0.15, -0.1) is 0 Å². The molecule has 3 aliphatic rings. The fraction of sp³-hybridized carbons (Fsp3) is 0.938. The number of sulfonamides is 1. The van der Waals surface area contributed by atoms with Gasteiger partial charge >= 0.3 is 0 Å². The molecule has 0 amide bonds. The Labute approximate surface area is 150 Å². The van der Waals surface area contributed by atoms with Gasteiger partial charge in [-0.1, -0.05) is 0 Å². The first-order chi connectivity index (χ1) is 12.1. The van der Waals surface area contributed by atoms with Crippen LogP contribution in [0.1, 0.15) is 26.2 Å². The van der Waals surface area contributed by atoms with Crippen molar-refractivity contribution in [2.45, 2.75) is 38.4 Å². The number of rotatable bonds is 5. The fourth-order valence-corrected chi connectivity index (χ4v) is 5.14. The largest absolute Gasteiger partial charge is 0.375 e. The first-order valence-electron chi connectivity index (χ1n) is 9.34. The van der Waals surface area contributed by atoms with Gasteiger partial charge in [0.25, 0.3) is 0 Å². The molecule has 1 N–H and O–H groups in total. The van der Waals surface area contributed by atoms with E-state index in [9.17, 15) is 8.42 Å². The molecule has 0 saturated carbocycles. The zero-order valence-electron chi connectivity index (χ0n) is 15.0. The second-order valence-corrected chi connectivity index (χ2v) is 8.80. The van der Waals surface area contributed by atoms with Crippen LogP contribution in [0.3, 0.4) is 0 Å². The van der Waals surface area contributed by atoms with Crippen molar-refractivity contribution in [2.75, 3.05) is 58.2 Å². The molecule has 3 aliphatic heterocycles. The lowest BCUT2D eigenvalue weighted by Crippen LogP contribution is -2.53. The molecule has 8 nitrogen and oxygen atoms in total. The lowest BCUT2D eigenvalue weighted by molar-refractivity contribution is -0.0817. The van der Waals surface area contributed by atoms with Gasteiger partial charge in [0.2, 0.25) is 10.0 Å². The van der Waals surface area contributed by atoms with Gasteiger partial charge in [-0.25, -0.2) is 12.7 Å². The maximum absolute atomic E-state index is 11.9. The van der Waals surface area contributed by atoms with E-state index in [1.807, 2.05) is 6.92 Å². The lowest BCUT2D eigenvalue weighted by Gasteiger charge is -2.37. The quantitative estimate of drug-likeness (QED) is 0.533. The zero-order chi connectivity index (χ0) is 17.7. The van der Waals surface area contributed by atoms with Crippen LogP contribution in [-0.2, 0) is 19.5 Å². The van der Waals surface area contributed by atoms with E-state index in [2.05, 4.69) is 15.2 Å². The molecular weight excluding hydrogens is 344 g/mol. The lowest BCUT2D eigenvalue weighted by atomic mass is 10.1. The van der Waals surface area contributed by atoms with Gasteiger partial charge in [-0.2, -0.15) is 0 Å². The molecule has 3 saturated heterocycles. The molecule has 3 heterocycles. The molecule has 0 aromatic carbocycles. The van der Waals surface area contributed by atoms with Crippen molar-refractivity contribution in [1.29, 1.82) is 0 Å². The molecule has 3 fully saturated rings. The molecule has 25 heavy (non-hydrogen) atoms. The van der Waals surface area contributed by atoms with E-state index in [1.165, 1.54) is 0 Å². The molecule has 2 unspecified atom stereocenters. The van der Waals surface area contributed by atoms with Crippen molar-refractivity contribution >= 4 is 16.0 Å². The zero-order valence-corrected chi connectivity index (χ0v) is 15.8. The first-order valence-corrected chi connectivity index (χ1v) is 11.0. The van der Waals surface area contributed by atoms with E-state index in [0.29, 0.717) is 26.2 Å². The van der Waals surface area contributed by atoms with E-state index in [1.54, 1.807) is 4.31 Å². The van der Waals surface area contributed by atoms with Crippen LogP contribution in [0.4, 0.5) is 0 Å². The minimum absolute atomic E-state index is 0.0825. The summed E-state index contributed by atoms with van der Waals surface area (Å²) >= 11 is 0. The van der Waals surface area contributed by atoms with Crippen LogP contribution in [0.15, 0.2) is 4.99 Å². The maximum Gasteiger partial charge on any atom is 0.214 e. The molecule has 0 aromatic heterocycles. The minimum atomic E-state index is -3.05. The van der Waals surface area contributed by atoms with Crippen molar-refractivity contribution in [1.82, 2.24) is 14.5 Å². The van der Waals surface area contributed by atoms with Gasteiger partial charge in [0.05, 0.1) is 25.0 Å². The Morgan fingerprint density at radius 3 is 2.72 bits per heavy atom. The number of aliphatic imine (C=N–C) groups is 1. The van der Waals surface area contributed by atoms with E-state index < -0.39 is 10.0 Å². The topological polar surface area (TPSA) is 83.5 Å². The van der Waals surface area contributed by atoms with Gasteiger partial charge in [0.1, 0.15) is 6.10 Å². The van der Waals surface area contributed by atoms with Crippen molar-refractivity contribution < 1.29 is 17.9 Å². The Balaban J connectivity index is 1.57. The Kier molecular flexibility index (Phi) is 6.54. The average molecular weight is 375 g/mol. The minimum Gasteiger partial charge on any atom is -0.375 e. The highest BCUT2D eigenvalue weighted by Crippen LogP contribution is 2.21. The standard InChI is InChI=1S/C16H30N4O4S/c1-2-17-16(18-6-8-20-7-4-12-25(20,21)22)19-9-11-24-15(13-19)14-5-3-10-23-14/h14-15H,2-13H2,1H3,(H,17,18). The number of morpholine rings is 1. The van der Waals surface area contributed by atoms with Crippen molar-refractivity contribution in [2.24, 2.45) is 4.99 Å². The number of nitrogens with zero attached hydrogens (tertiary/aromatic N) is 3. The first kappa shape index (κ1) is 18.9. The summed E-state index contributed by atoms with van der Waals surface area (Å²) in [5, 5.41) is 3.32. The van der Waals surface area contributed by atoms with Gasteiger partial charge in [0, 0.05) is 39.3 Å². The van der Waals surface area contributed by atoms with E-state index in [-0.39, 0.29) is 18.0 Å². The molecule has 0 radical (unpaired) electrons. The molecular formula is C16H30N4O4S. The van der Waals surface area contributed by atoms with E-state index >= 15 is 0 Å². The number of hydrogen-bond donors (Lipinski definition) is 1. The Hall–Kier alpha value is -0.900. The third kappa shape index (κ3) is 4.84. The van der Waals surface area contributed by atoms with Gasteiger partial charge in [0.15, 0.2) is 5.96 Å². The monoisotopic (exact) mass is 374 g/mol. The summed E-state index contributed by atoms with van der Waals surface area (Å²) in [5.41, 5.74) is 0. The van der Waals surface area contributed by atoms with Crippen molar-refractivity contribution in [3.8, 4) is 0 Å². The highest BCUT2D eigenvalue weighted by Gasteiger charge is 2.32. The van der Waals surface area contributed by atoms with E-state index in [4.69, 9.17) is 9.47 Å². The summed E-state index contributed by atoms with van der Waals surface area (Å²) < 4.78 is 37.0. The average Bonchev–Trinajstić information content (AvgIpc) is 3.24. The number of guanidine groups is 1. The number of nitrogens with one attached hydrogen (secondary N) is 1. The normalized spacial score (nSPS) is 30.8. The molecule has 9 heteroatoms. The van der Waals surface area contributed by atoms with Gasteiger partial charge in [-0.3, -0.25) is 4.99 Å². The van der Waals surface area contributed by atoms with Crippen LogP contribution in [0, 0.1) is 0 Å². The Morgan fingerprint density at radius 1 is 1.20 bits per heavy atom. The number of ether oxygens (including phenoxy) is 2. The summed E-state index contributed by atoms with van der Waals surface area (Å²) in [6, 6.07) is 0. The molecule has 0 bridgehead atoms. The van der Waals surface area contributed by atoms with Crippen LogP contribution in [0.5, 0.6) is 0 Å². The SMILES string of the molecule is CCNC(=NCCN1CCCS1(=O)=O)N1CCOC(C2CCCO2)C1. The second kappa shape index (κ2) is 8.66. The van der Waals surface area contributed by atoms with E-state index in [0.717, 1.165) is 51.5 Å². The smallest absolute Gasteiger partial charge is 0.214 e. The predicted octanol–water partition coefficient (Wildman–Crippen LogP) is -0.133. The molecule has 0 aromatic rings. The van der Waals surface area contributed by atoms with Crippen molar-refractivity contribution in [3.05, 3.63) is 0 Å². The molecule has 2 atom stereocenters. The predicted molar refractivity (Wildman–Crippen MR) is 96.2 cm³/mol. The van der Waals surface area contributed by atoms with Crippen molar-refractivity contribution in [3.63, 3.8) is 0 Å². The third-order valence-electron chi connectivity index (χ3n) is 4.92. The molecule has 3 rings (SSSR count). The number of hydrogen-bond acceptors (Lipinski definition) is 5. The summed E-state index contributed by atoms with van der Waals surface area (Å²) in [6.45, 7) is 7.41. The van der Waals surface area contributed by atoms with Gasteiger partial charge < -0.3 is 19.7 Å². The van der Waals surface area contributed by atoms with Crippen LogP contribution >= 0.6 is 0 Å². The third-order valence-corrected chi connectivity index (χ3v) is 6.88. The Morgan fingerprint density at radius 2 is 2.04 bits per heavy atom. The summed E-state index contributed by atoms with van der Waals surface area (Å²) in [4.78, 5) is 6.86. The second-order valence-electron chi connectivity index (χ2n) is 6.71. The van der Waals surface area contributed by atoms with Crippen LogP contribution in [0.2, 0.25) is 0 Å². The molecule has 144 valence electrons. The maximum atomic E-state index is 11.9.